The van der Waals surface area contributed by atoms with Crippen molar-refractivity contribution in [2.45, 2.75) is 44.8 Å². The number of ether oxygens (including phenoxy) is 1. The minimum Gasteiger partial charge on any atom is -0.497 e. The van der Waals surface area contributed by atoms with Gasteiger partial charge >= 0.3 is 6.18 Å². The Morgan fingerprint density at radius 2 is 1.73 bits per heavy atom. The number of Topliss-reactive ketones (excluding diaryl/α,β-unsaturated/α-hetero) is 2. The van der Waals surface area contributed by atoms with Gasteiger partial charge in [0.15, 0.2) is 11.5 Å². The highest BCUT2D eigenvalue weighted by Crippen LogP contribution is 2.35. The summed E-state index contributed by atoms with van der Waals surface area (Å²) in [5.41, 5.74) is -0.676. The third-order valence-electron chi connectivity index (χ3n) is 6.79. The number of anilines is 1. The number of rotatable bonds is 9. The van der Waals surface area contributed by atoms with Gasteiger partial charge in [-0.15, -0.1) is 0 Å². The van der Waals surface area contributed by atoms with E-state index in [2.05, 4.69) is 5.10 Å². The van der Waals surface area contributed by atoms with Gasteiger partial charge in [-0.2, -0.15) is 18.3 Å². The van der Waals surface area contributed by atoms with E-state index in [0.29, 0.717) is 17.5 Å². The molecule has 40 heavy (non-hydrogen) atoms. The Labute approximate surface area is 226 Å². The van der Waals surface area contributed by atoms with Crippen LogP contribution in [0.3, 0.4) is 0 Å². The highest BCUT2D eigenvalue weighted by Gasteiger charge is 2.41. The van der Waals surface area contributed by atoms with Crippen LogP contribution in [0.1, 0.15) is 35.4 Å². The topological polar surface area (TPSA) is 81.5 Å². The van der Waals surface area contributed by atoms with Gasteiger partial charge in [0.05, 0.1) is 13.7 Å². The van der Waals surface area contributed by atoms with Crippen LogP contribution in [0, 0.1) is 17.6 Å². The molecule has 0 saturated heterocycles. The van der Waals surface area contributed by atoms with Gasteiger partial charge in [0.25, 0.3) is 0 Å². The smallest absolute Gasteiger partial charge is 0.435 e. The molecule has 7 nitrogen and oxygen atoms in total. The van der Waals surface area contributed by atoms with Gasteiger partial charge < -0.3 is 9.64 Å². The number of halogens is 5. The van der Waals surface area contributed by atoms with E-state index < -0.39 is 60.5 Å². The molecule has 0 N–H and O–H groups in total. The Kier molecular flexibility index (Phi) is 8.36. The zero-order chi connectivity index (χ0) is 29.2. The maximum absolute atomic E-state index is 13.9. The molecular weight excluding hydrogens is 537 g/mol. The molecule has 1 aliphatic carbocycles. The molecule has 1 amide bonds. The summed E-state index contributed by atoms with van der Waals surface area (Å²) in [6, 6.07) is 9.28. The lowest BCUT2D eigenvalue weighted by atomic mass is 9.92. The normalized spacial score (nSPS) is 14.0. The summed E-state index contributed by atoms with van der Waals surface area (Å²) >= 11 is 0. The largest absolute Gasteiger partial charge is 0.497 e. The quantitative estimate of drug-likeness (QED) is 0.352. The minimum atomic E-state index is -4.81. The SMILES string of the molecule is COc1ccc(N(C)C(=O)C(CC(=O)Cn2nc(C(F)(F)F)c3c2CCC(=O)C3)Cc2cc(F)cc(F)c2)cc1. The molecule has 0 saturated carbocycles. The van der Waals surface area contributed by atoms with E-state index in [-0.39, 0.29) is 41.9 Å². The van der Waals surface area contributed by atoms with E-state index in [0.717, 1.165) is 16.8 Å². The molecule has 0 aliphatic heterocycles. The first-order chi connectivity index (χ1) is 18.8. The Hall–Kier alpha value is -4.09. The average Bonchev–Trinajstić information content (AvgIpc) is 3.24. The Morgan fingerprint density at radius 3 is 2.33 bits per heavy atom. The summed E-state index contributed by atoms with van der Waals surface area (Å²) in [5.74, 6) is -3.73. The molecule has 4 rings (SSSR count). The van der Waals surface area contributed by atoms with Crippen LogP contribution >= 0.6 is 0 Å². The standard InChI is InChI=1S/C28H26F5N3O4/c1-35(20-3-6-23(40-2)7-4-20)27(39)17(9-16-10-18(29)13-19(30)11-16)12-22(38)15-36-25-8-5-21(37)14-24(25)26(34-36)28(31,32)33/h3-4,6-7,10-11,13,17H,5,8-9,12,14-15H2,1-2H3. The summed E-state index contributed by atoms with van der Waals surface area (Å²) in [6.45, 7) is -0.555. The van der Waals surface area contributed by atoms with Gasteiger partial charge in [-0.1, -0.05) is 0 Å². The second kappa shape index (κ2) is 11.6. The zero-order valence-electron chi connectivity index (χ0n) is 21.7. The fraction of sp³-hybridized carbons (Fsp3) is 0.357. The van der Waals surface area contributed by atoms with E-state index in [1.165, 1.54) is 19.1 Å². The highest BCUT2D eigenvalue weighted by molar-refractivity contribution is 5.97. The van der Waals surface area contributed by atoms with E-state index in [1.54, 1.807) is 24.3 Å². The van der Waals surface area contributed by atoms with Gasteiger partial charge in [-0.25, -0.2) is 8.78 Å². The molecule has 2 aromatic carbocycles. The molecule has 1 heterocycles. The molecule has 1 atom stereocenters. The van der Waals surface area contributed by atoms with E-state index in [4.69, 9.17) is 4.74 Å². The number of hydrogen-bond acceptors (Lipinski definition) is 5. The van der Waals surface area contributed by atoms with Crippen molar-refractivity contribution in [3.63, 3.8) is 0 Å². The molecule has 3 aromatic rings. The van der Waals surface area contributed by atoms with Gasteiger partial charge in [0.1, 0.15) is 23.2 Å². The van der Waals surface area contributed by atoms with Crippen LogP contribution in [-0.4, -0.2) is 41.4 Å². The summed E-state index contributed by atoms with van der Waals surface area (Å²) in [4.78, 5) is 39.8. The van der Waals surface area contributed by atoms with Crippen LogP contribution in [-0.2, 0) is 46.4 Å². The Bertz CT molecular complexity index is 1410. The predicted molar refractivity (Wildman–Crippen MR) is 134 cm³/mol. The van der Waals surface area contributed by atoms with Crippen molar-refractivity contribution in [1.29, 1.82) is 0 Å². The molecule has 212 valence electrons. The number of alkyl halides is 3. The molecule has 12 heteroatoms. The van der Waals surface area contributed by atoms with Crippen molar-refractivity contribution in [2.75, 3.05) is 19.1 Å². The number of hydrogen-bond donors (Lipinski definition) is 0. The molecule has 1 unspecified atom stereocenters. The first-order valence-electron chi connectivity index (χ1n) is 12.4. The monoisotopic (exact) mass is 563 g/mol. The van der Waals surface area contributed by atoms with E-state index >= 15 is 0 Å². The number of methoxy groups -OCH3 is 1. The fourth-order valence-corrected chi connectivity index (χ4v) is 4.87. The lowest BCUT2D eigenvalue weighted by Gasteiger charge is -2.24. The zero-order valence-corrected chi connectivity index (χ0v) is 21.7. The molecule has 0 spiro atoms. The fourth-order valence-electron chi connectivity index (χ4n) is 4.87. The molecule has 0 bridgehead atoms. The minimum absolute atomic E-state index is 0.00959. The number of carbonyl (C=O) groups is 3. The second-order valence-electron chi connectivity index (χ2n) is 9.66. The lowest BCUT2D eigenvalue weighted by molar-refractivity contribution is -0.142. The maximum Gasteiger partial charge on any atom is 0.435 e. The molecule has 0 fully saturated rings. The summed E-state index contributed by atoms with van der Waals surface area (Å²) in [5, 5.41) is 3.61. The van der Waals surface area contributed by atoms with Crippen molar-refractivity contribution >= 4 is 23.2 Å². The number of ketones is 2. The summed E-state index contributed by atoms with van der Waals surface area (Å²) in [6.07, 6.45) is -5.81. The lowest BCUT2D eigenvalue weighted by Crippen LogP contribution is -2.36. The first kappa shape index (κ1) is 28.9. The number of benzene rings is 2. The van der Waals surface area contributed by atoms with Gasteiger partial charge in [-0.3, -0.25) is 19.1 Å². The second-order valence-corrected chi connectivity index (χ2v) is 9.66. The number of nitrogens with zero attached hydrogens (tertiary/aromatic N) is 3. The molecular formula is C28H26F5N3O4. The van der Waals surface area contributed by atoms with E-state index in [1.807, 2.05) is 0 Å². The molecule has 1 aliphatic rings. The van der Waals surface area contributed by atoms with Crippen LogP contribution in [0.15, 0.2) is 42.5 Å². The molecule has 1 aromatic heterocycles. The third kappa shape index (κ3) is 6.54. The van der Waals surface area contributed by atoms with Gasteiger partial charge in [-0.05, 0) is 54.8 Å². The van der Waals surface area contributed by atoms with Crippen LogP contribution in [0.5, 0.6) is 5.75 Å². The van der Waals surface area contributed by atoms with Crippen molar-refractivity contribution in [3.8, 4) is 5.75 Å². The highest BCUT2D eigenvalue weighted by atomic mass is 19.4. The van der Waals surface area contributed by atoms with Crippen molar-refractivity contribution in [2.24, 2.45) is 5.92 Å². The molecule has 0 radical (unpaired) electrons. The first-order valence-corrected chi connectivity index (χ1v) is 12.4. The van der Waals surface area contributed by atoms with Crippen LogP contribution < -0.4 is 9.64 Å². The number of amides is 1. The Morgan fingerprint density at radius 1 is 1.07 bits per heavy atom. The van der Waals surface area contributed by atoms with Gasteiger partial charge in [0.2, 0.25) is 5.91 Å². The number of fused-ring (bicyclic) bond motifs is 1. The third-order valence-corrected chi connectivity index (χ3v) is 6.79. The van der Waals surface area contributed by atoms with Crippen molar-refractivity contribution < 1.29 is 41.1 Å². The summed E-state index contributed by atoms with van der Waals surface area (Å²) < 4.78 is 74.6. The Balaban J connectivity index is 1.60. The average molecular weight is 564 g/mol. The number of carbonyl (C=O) groups excluding carboxylic acids is 3. The maximum atomic E-state index is 13.9. The van der Waals surface area contributed by atoms with Crippen LogP contribution in [0.2, 0.25) is 0 Å². The van der Waals surface area contributed by atoms with Crippen LogP contribution in [0.25, 0.3) is 0 Å². The van der Waals surface area contributed by atoms with E-state index in [9.17, 15) is 36.3 Å². The van der Waals surface area contributed by atoms with Crippen molar-refractivity contribution in [1.82, 2.24) is 9.78 Å². The predicted octanol–water partition coefficient (Wildman–Crippen LogP) is 4.73. The van der Waals surface area contributed by atoms with Gasteiger partial charge in [0, 0.05) is 55.2 Å². The van der Waals surface area contributed by atoms with Crippen molar-refractivity contribution in [3.05, 3.63) is 76.6 Å². The van der Waals surface area contributed by atoms with Crippen LogP contribution in [0.4, 0.5) is 27.6 Å². The number of aromatic nitrogens is 2. The summed E-state index contributed by atoms with van der Waals surface area (Å²) in [7, 11) is 2.96.